The summed E-state index contributed by atoms with van der Waals surface area (Å²) in [5, 5.41) is 13.0. The van der Waals surface area contributed by atoms with Gasteiger partial charge in [-0.15, -0.1) is 0 Å². The van der Waals surface area contributed by atoms with Crippen molar-refractivity contribution in [3.63, 3.8) is 0 Å². The van der Waals surface area contributed by atoms with Gasteiger partial charge in [-0.3, -0.25) is 0 Å². The first-order chi connectivity index (χ1) is 12.2. The maximum atomic E-state index is 9.00. The lowest BCUT2D eigenvalue weighted by Crippen LogP contribution is -2.01. The van der Waals surface area contributed by atoms with Crippen LogP contribution < -0.4 is 5.32 Å². The second-order valence-electron chi connectivity index (χ2n) is 5.71. The van der Waals surface area contributed by atoms with Gasteiger partial charge in [-0.1, -0.05) is 42.8 Å². The number of aliphatic hydroxyl groups excluding tert-OH is 1. The molecule has 0 aliphatic rings. The summed E-state index contributed by atoms with van der Waals surface area (Å²) < 4.78 is 0. The molecule has 0 bridgehead atoms. The highest BCUT2D eigenvalue weighted by Gasteiger charge is 2.07. The van der Waals surface area contributed by atoms with Crippen LogP contribution >= 0.6 is 11.6 Å². The van der Waals surface area contributed by atoms with Gasteiger partial charge in [0.25, 0.3) is 0 Å². The van der Waals surface area contributed by atoms with Crippen molar-refractivity contribution in [1.29, 1.82) is 0 Å². The van der Waals surface area contributed by atoms with E-state index in [-0.39, 0.29) is 6.61 Å². The Morgan fingerprint density at radius 2 is 1.84 bits per heavy atom. The number of aryl methyl sites for hydroxylation is 1. The minimum absolute atomic E-state index is 0.154. The predicted molar refractivity (Wildman–Crippen MR) is 102 cm³/mol. The molecule has 5 heteroatoms. The van der Waals surface area contributed by atoms with E-state index in [1.807, 2.05) is 61.5 Å². The van der Waals surface area contributed by atoms with Crippen molar-refractivity contribution in [3.8, 4) is 11.3 Å². The van der Waals surface area contributed by atoms with E-state index in [9.17, 15) is 0 Å². The molecule has 0 amide bonds. The third-order valence-corrected chi connectivity index (χ3v) is 4.07. The van der Waals surface area contributed by atoms with E-state index in [0.717, 1.165) is 40.6 Å². The van der Waals surface area contributed by atoms with Crippen LogP contribution in [0.1, 0.15) is 18.3 Å². The van der Waals surface area contributed by atoms with Crippen LogP contribution in [0.15, 0.2) is 54.6 Å². The van der Waals surface area contributed by atoms with Crippen LogP contribution in [-0.4, -0.2) is 21.7 Å². The van der Waals surface area contributed by atoms with Crippen LogP contribution in [0.25, 0.3) is 11.3 Å². The fourth-order valence-electron chi connectivity index (χ4n) is 2.55. The predicted octanol–water partition coefficient (Wildman–Crippen LogP) is 4.64. The molecule has 0 unspecified atom stereocenters. The fraction of sp³-hybridized carbons (Fsp3) is 0.200. The van der Waals surface area contributed by atoms with Crippen molar-refractivity contribution >= 4 is 23.1 Å². The number of aliphatic hydroxyl groups is 1. The quantitative estimate of drug-likeness (QED) is 0.678. The second-order valence-corrected chi connectivity index (χ2v) is 6.15. The SMILES string of the molecule is CCc1nc(Nc2ccc(CCO)cc2)cc(-c2cccc(Cl)c2)n1. The highest BCUT2D eigenvalue weighted by atomic mass is 35.5. The number of rotatable bonds is 6. The highest BCUT2D eigenvalue weighted by molar-refractivity contribution is 6.30. The van der Waals surface area contributed by atoms with Gasteiger partial charge in [-0.2, -0.15) is 0 Å². The van der Waals surface area contributed by atoms with Gasteiger partial charge in [-0.25, -0.2) is 9.97 Å². The molecule has 25 heavy (non-hydrogen) atoms. The smallest absolute Gasteiger partial charge is 0.134 e. The van der Waals surface area contributed by atoms with E-state index in [1.165, 1.54) is 0 Å². The van der Waals surface area contributed by atoms with Gasteiger partial charge in [-0.05, 0) is 36.2 Å². The van der Waals surface area contributed by atoms with Gasteiger partial charge in [0.15, 0.2) is 0 Å². The van der Waals surface area contributed by atoms with Gasteiger partial charge in [0.05, 0.1) is 5.69 Å². The summed E-state index contributed by atoms with van der Waals surface area (Å²) in [6, 6.07) is 17.5. The van der Waals surface area contributed by atoms with Crippen LogP contribution in [0.2, 0.25) is 5.02 Å². The molecule has 0 aliphatic carbocycles. The van der Waals surface area contributed by atoms with Gasteiger partial charge in [0.1, 0.15) is 11.6 Å². The molecule has 3 aromatic rings. The van der Waals surface area contributed by atoms with Crippen LogP contribution in [0.5, 0.6) is 0 Å². The number of hydrogen-bond acceptors (Lipinski definition) is 4. The molecule has 1 aromatic heterocycles. The lowest BCUT2D eigenvalue weighted by molar-refractivity contribution is 0.299. The van der Waals surface area contributed by atoms with E-state index in [4.69, 9.17) is 16.7 Å². The van der Waals surface area contributed by atoms with Crippen LogP contribution in [-0.2, 0) is 12.8 Å². The van der Waals surface area contributed by atoms with E-state index in [1.54, 1.807) is 0 Å². The maximum Gasteiger partial charge on any atom is 0.134 e. The molecule has 0 radical (unpaired) electrons. The van der Waals surface area contributed by atoms with E-state index >= 15 is 0 Å². The number of nitrogens with zero attached hydrogens (tertiary/aromatic N) is 2. The molecule has 3 rings (SSSR count). The standard InChI is InChI=1S/C20H20ClN3O/c1-2-19-23-18(15-4-3-5-16(21)12-15)13-20(24-19)22-17-8-6-14(7-9-17)10-11-25/h3-9,12-13,25H,2,10-11H2,1H3,(H,22,23,24). The lowest BCUT2D eigenvalue weighted by atomic mass is 10.1. The molecular formula is C20H20ClN3O. The highest BCUT2D eigenvalue weighted by Crippen LogP contribution is 2.25. The normalized spacial score (nSPS) is 10.7. The summed E-state index contributed by atoms with van der Waals surface area (Å²) in [5.74, 6) is 1.52. The topological polar surface area (TPSA) is 58.0 Å². The Balaban J connectivity index is 1.89. The van der Waals surface area contributed by atoms with E-state index in [0.29, 0.717) is 11.4 Å². The Labute approximate surface area is 152 Å². The lowest BCUT2D eigenvalue weighted by Gasteiger charge is -2.10. The molecular weight excluding hydrogens is 334 g/mol. The maximum absolute atomic E-state index is 9.00. The van der Waals surface area contributed by atoms with Crippen LogP contribution in [0.3, 0.4) is 0 Å². The third kappa shape index (κ3) is 4.56. The van der Waals surface area contributed by atoms with Crippen molar-refractivity contribution in [2.24, 2.45) is 0 Å². The Bertz CT molecular complexity index is 850. The van der Waals surface area contributed by atoms with Gasteiger partial charge in [0.2, 0.25) is 0 Å². The molecule has 0 atom stereocenters. The van der Waals surface area contributed by atoms with Gasteiger partial charge in [0, 0.05) is 35.4 Å². The Morgan fingerprint density at radius 1 is 1.04 bits per heavy atom. The third-order valence-electron chi connectivity index (χ3n) is 3.84. The molecule has 2 aromatic carbocycles. The number of nitrogens with one attached hydrogen (secondary N) is 1. The molecule has 0 spiro atoms. The molecule has 0 saturated heterocycles. The largest absolute Gasteiger partial charge is 0.396 e. The van der Waals surface area contributed by atoms with Gasteiger partial charge < -0.3 is 10.4 Å². The Hall–Kier alpha value is -2.43. The number of benzene rings is 2. The molecule has 2 N–H and O–H groups in total. The summed E-state index contributed by atoms with van der Waals surface area (Å²) >= 11 is 6.10. The molecule has 0 aliphatic heterocycles. The fourth-order valence-corrected chi connectivity index (χ4v) is 2.74. The zero-order valence-corrected chi connectivity index (χ0v) is 14.8. The second kappa shape index (κ2) is 8.10. The molecule has 4 nitrogen and oxygen atoms in total. The Kier molecular flexibility index (Phi) is 5.64. The number of halogens is 1. The zero-order valence-electron chi connectivity index (χ0n) is 14.0. The van der Waals surface area contributed by atoms with E-state index < -0.39 is 0 Å². The zero-order chi connectivity index (χ0) is 17.6. The summed E-state index contributed by atoms with van der Waals surface area (Å²) in [6.07, 6.45) is 1.41. The van der Waals surface area contributed by atoms with Crippen LogP contribution in [0, 0.1) is 0 Å². The van der Waals surface area contributed by atoms with Crippen molar-refractivity contribution in [3.05, 3.63) is 71.0 Å². The molecule has 0 fully saturated rings. The first kappa shape index (κ1) is 17.4. The molecule has 0 saturated carbocycles. The average molecular weight is 354 g/mol. The van der Waals surface area contributed by atoms with E-state index in [2.05, 4.69) is 15.3 Å². The average Bonchev–Trinajstić information content (AvgIpc) is 2.63. The Morgan fingerprint density at radius 3 is 2.52 bits per heavy atom. The number of anilines is 2. The number of hydrogen-bond donors (Lipinski definition) is 2. The van der Waals surface area contributed by atoms with Crippen molar-refractivity contribution < 1.29 is 5.11 Å². The first-order valence-electron chi connectivity index (χ1n) is 8.28. The summed E-state index contributed by atoms with van der Waals surface area (Å²) in [4.78, 5) is 9.16. The summed E-state index contributed by atoms with van der Waals surface area (Å²) in [5.41, 5.74) is 3.85. The minimum Gasteiger partial charge on any atom is -0.396 e. The summed E-state index contributed by atoms with van der Waals surface area (Å²) in [6.45, 7) is 2.19. The first-order valence-corrected chi connectivity index (χ1v) is 8.66. The molecule has 1 heterocycles. The molecule has 128 valence electrons. The monoisotopic (exact) mass is 353 g/mol. The minimum atomic E-state index is 0.154. The summed E-state index contributed by atoms with van der Waals surface area (Å²) in [7, 11) is 0. The van der Waals surface area contributed by atoms with Crippen molar-refractivity contribution in [2.45, 2.75) is 19.8 Å². The van der Waals surface area contributed by atoms with Crippen LogP contribution in [0.4, 0.5) is 11.5 Å². The van der Waals surface area contributed by atoms with Crippen molar-refractivity contribution in [1.82, 2.24) is 9.97 Å². The van der Waals surface area contributed by atoms with Crippen molar-refractivity contribution in [2.75, 3.05) is 11.9 Å². The van der Waals surface area contributed by atoms with Gasteiger partial charge >= 0.3 is 0 Å². The number of aromatic nitrogens is 2.